The van der Waals surface area contributed by atoms with Gasteiger partial charge in [-0.05, 0) is 63.8 Å². The predicted octanol–water partition coefficient (Wildman–Crippen LogP) is 2.29. The van der Waals surface area contributed by atoms with E-state index in [4.69, 9.17) is 0 Å². The van der Waals surface area contributed by atoms with Crippen LogP contribution in [0.2, 0.25) is 0 Å². The average molecular weight is 485 g/mol. The number of nitrogens with one attached hydrogen (secondary N) is 1. The third-order valence-electron chi connectivity index (χ3n) is 6.42. The van der Waals surface area contributed by atoms with Gasteiger partial charge in [0, 0.05) is 44.5 Å². The molecule has 1 aliphatic rings. The monoisotopic (exact) mass is 484 g/mol. The molecule has 9 nitrogen and oxygen atoms in total. The molecular formula is C24H32N6O3S. The first kappa shape index (κ1) is 24.2. The molecule has 0 aliphatic carbocycles. The minimum absolute atomic E-state index is 0.00927. The van der Waals surface area contributed by atoms with Crippen LogP contribution in [0.4, 0.5) is 0 Å². The van der Waals surface area contributed by atoms with Crippen LogP contribution in [-0.4, -0.2) is 57.6 Å². The van der Waals surface area contributed by atoms with Gasteiger partial charge in [0.2, 0.25) is 5.91 Å². The van der Waals surface area contributed by atoms with Crippen molar-refractivity contribution < 1.29 is 13.2 Å². The maximum Gasteiger partial charge on any atom is 0.262 e. The highest BCUT2D eigenvalue weighted by atomic mass is 32.2. The van der Waals surface area contributed by atoms with Gasteiger partial charge < -0.3 is 9.88 Å². The number of piperidine rings is 1. The van der Waals surface area contributed by atoms with Gasteiger partial charge >= 0.3 is 0 Å². The molecule has 182 valence electrons. The lowest BCUT2D eigenvalue weighted by Crippen LogP contribution is -2.43. The Hall–Kier alpha value is -2.98. The lowest BCUT2D eigenvalue weighted by Gasteiger charge is -2.29. The number of rotatable bonds is 7. The Morgan fingerprint density at radius 2 is 1.79 bits per heavy atom. The molecule has 1 fully saturated rings. The molecule has 0 unspecified atom stereocenters. The Morgan fingerprint density at radius 3 is 2.35 bits per heavy atom. The van der Waals surface area contributed by atoms with Crippen molar-refractivity contribution in [2.24, 2.45) is 13.0 Å². The van der Waals surface area contributed by atoms with Gasteiger partial charge in [0.15, 0.2) is 5.03 Å². The normalized spacial score (nSPS) is 15.5. The summed E-state index contributed by atoms with van der Waals surface area (Å²) in [5.41, 5.74) is 4.23. The molecule has 3 heterocycles. The molecule has 1 N–H and O–H groups in total. The number of hydrogen-bond acceptors (Lipinski definition) is 5. The second kappa shape index (κ2) is 9.71. The Bertz CT molecular complexity index is 1250. The molecule has 10 heteroatoms. The quantitative estimate of drug-likeness (QED) is 0.554. The molecule has 0 atom stereocenters. The third kappa shape index (κ3) is 5.07. The number of aryl methyl sites for hydroxylation is 4. The van der Waals surface area contributed by atoms with E-state index in [1.165, 1.54) is 10.5 Å². The summed E-state index contributed by atoms with van der Waals surface area (Å²) in [6.07, 6.45) is 3.28. The summed E-state index contributed by atoms with van der Waals surface area (Å²) in [5.74, 6) is 0.462. The molecule has 1 aliphatic heterocycles. The van der Waals surface area contributed by atoms with Crippen LogP contribution in [-0.2, 0) is 28.3 Å². The SMILES string of the molecule is Cc1cc(C)n(-c2ccc(CCNC(=O)C3CCN(S(=O)(=O)c4cn(C)c(C)n4)CC3)cc2)n1. The molecule has 0 spiro atoms. The zero-order valence-corrected chi connectivity index (χ0v) is 21.0. The Balaban J connectivity index is 1.25. The van der Waals surface area contributed by atoms with Crippen LogP contribution in [0.5, 0.6) is 0 Å². The molecule has 4 rings (SSSR count). The van der Waals surface area contributed by atoms with Gasteiger partial charge in [-0.15, -0.1) is 0 Å². The second-order valence-corrected chi connectivity index (χ2v) is 10.8. The van der Waals surface area contributed by atoms with E-state index in [1.807, 2.05) is 36.7 Å². The number of sulfonamides is 1. The van der Waals surface area contributed by atoms with Gasteiger partial charge in [-0.1, -0.05) is 12.1 Å². The zero-order valence-electron chi connectivity index (χ0n) is 20.2. The van der Waals surface area contributed by atoms with Gasteiger partial charge in [-0.25, -0.2) is 18.1 Å². The topological polar surface area (TPSA) is 102 Å². The summed E-state index contributed by atoms with van der Waals surface area (Å²) < 4.78 is 30.7. The summed E-state index contributed by atoms with van der Waals surface area (Å²) in [4.78, 5) is 16.8. The number of imidazole rings is 1. The summed E-state index contributed by atoms with van der Waals surface area (Å²) in [5, 5.41) is 7.59. The standard InChI is InChI=1S/C24H32N6O3S/c1-17-15-18(2)30(27-17)22-7-5-20(6-8-22)9-12-25-24(31)21-10-13-29(14-11-21)34(32,33)23-16-28(4)19(3)26-23/h5-8,15-16,21H,9-14H2,1-4H3,(H,25,31). The molecule has 0 radical (unpaired) electrons. The first-order valence-corrected chi connectivity index (χ1v) is 13.0. The highest BCUT2D eigenvalue weighted by Crippen LogP contribution is 2.23. The second-order valence-electron chi connectivity index (χ2n) is 8.96. The molecule has 1 amide bonds. The van der Waals surface area contributed by atoms with Crippen molar-refractivity contribution >= 4 is 15.9 Å². The molecule has 1 aromatic carbocycles. The number of amides is 1. The van der Waals surface area contributed by atoms with E-state index in [-0.39, 0.29) is 16.9 Å². The summed E-state index contributed by atoms with van der Waals surface area (Å²) in [6, 6.07) is 10.2. The van der Waals surface area contributed by atoms with Crippen LogP contribution in [0.25, 0.3) is 5.69 Å². The number of benzene rings is 1. The minimum atomic E-state index is -3.63. The van der Waals surface area contributed by atoms with Gasteiger partial charge in [-0.3, -0.25) is 4.79 Å². The molecular weight excluding hydrogens is 452 g/mol. The van der Waals surface area contributed by atoms with Crippen LogP contribution in [0.15, 0.2) is 41.6 Å². The van der Waals surface area contributed by atoms with E-state index in [0.29, 0.717) is 38.3 Å². The molecule has 0 saturated carbocycles. The van der Waals surface area contributed by atoms with Crippen molar-refractivity contribution in [1.29, 1.82) is 0 Å². The molecule has 0 bridgehead atoms. The Morgan fingerprint density at radius 1 is 1.12 bits per heavy atom. The van der Waals surface area contributed by atoms with E-state index in [9.17, 15) is 13.2 Å². The smallest absolute Gasteiger partial charge is 0.262 e. The van der Waals surface area contributed by atoms with E-state index >= 15 is 0 Å². The summed E-state index contributed by atoms with van der Waals surface area (Å²) >= 11 is 0. The van der Waals surface area contributed by atoms with Crippen molar-refractivity contribution in [3.05, 3.63) is 59.3 Å². The fourth-order valence-corrected chi connectivity index (χ4v) is 5.80. The van der Waals surface area contributed by atoms with E-state index in [1.54, 1.807) is 18.5 Å². The molecule has 2 aromatic heterocycles. The fraction of sp³-hybridized carbons (Fsp3) is 0.458. The zero-order chi connectivity index (χ0) is 24.5. The van der Waals surface area contributed by atoms with E-state index < -0.39 is 10.0 Å². The highest BCUT2D eigenvalue weighted by molar-refractivity contribution is 7.89. The number of aromatic nitrogens is 4. The lowest BCUT2D eigenvalue weighted by atomic mass is 9.97. The van der Waals surface area contributed by atoms with Crippen molar-refractivity contribution in [3.63, 3.8) is 0 Å². The number of carbonyl (C=O) groups is 1. The fourth-order valence-electron chi connectivity index (χ4n) is 4.31. The molecule has 3 aromatic rings. The van der Waals surface area contributed by atoms with Crippen LogP contribution >= 0.6 is 0 Å². The highest BCUT2D eigenvalue weighted by Gasteiger charge is 2.33. The van der Waals surface area contributed by atoms with Gasteiger partial charge in [0.1, 0.15) is 5.82 Å². The van der Waals surface area contributed by atoms with Gasteiger partial charge in [0.25, 0.3) is 10.0 Å². The van der Waals surface area contributed by atoms with Gasteiger partial charge in [-0.2, -0.15) is 9.40 Å². The lowest BCUT2D eigenvalue weighted by molar-refractivity contribution is -0.126. The van der Waals surface area contributed by atoms with Crippen molar-refractivity contribution in [2.45, 2.75) is 45.1 Å². The van der Waals surface area contributed by atoms with Gasteiger partial charge in [0.05, 0.1) is 11.4 Å². The minimum Gasteiger partial charge on any atom is -0.356 e. The maximum absolute atomic E-state index is 12.8. The van der Waals surface area contributed by atoms with Crippen LogP contribution < -0.4 is 5.32 Å². The summed E-state index contributed by atoms with van der Waals surface area (Å²) in [7, 11) is -1.86. The van der Waals surface area contributed by atoms with E-state index in [2.05, 4.69) is 27.5 Å². The van der Waals surface area contributed by atoms with Crippen molar-refractivity contribution in [3.8, 4) is 5.69 Å². The number of nitrogens with zero attached hydrogens (tertiary/aromatic N) is 5. The molecule has 1 saturated heterocycles. The average Bonchev–Trinajstić information content (AvgIpc) is 3.34. The maximum atomic E-state index is 12.8. The predicted molar refractivity (Wildman–Crippen MR) is 129 cm³/mol. The Kier molecular flexibility index (Phi) is 6.90. The van der Waals surface area contributed by atoms with Crippen LogP contribution in [0.3, 0.4) is 0 Å². The molecule has 34 heavy (non-hydrogen) atoms. The largest absolute Gasteiger partial charge is 0.356 e. The number of carbonyl (C=O) groups excluding carboxylic acids is 1. The van der Waals surface area contributed by atoms with E-state index in [0.717, 1.165) is 29.1 Å². The first-order chi connectivity index (χ1) is 16.1. The first-order valence-electron chi connectivity index (χ1n) is 11.6. The van der Waals surface area contributed by atoms with Crippen molar-refractivity contribution in [1.82, 2.24) is 29.0 Å². The van der Waals surface area contributed by atoms with Crippen molar-refractivity contribution in [2.75, 3.05) is 19.6 Å². The summed E-state index contributed by atoms with van der Waals surface area (Å²) in [6.45, 7) is 6.97. The Labute approximate surface area is 200 Å². The van der Waals surface area contributed by atoms with Crippen LogP contribution in [0.1, 0.15) is 35.6 Å². The third-order valence-corrected chi connectivity index (χ3v) is 8.19. The number of hydrogen-bond donors (Lipinski definition) is 1. The van der Waals surface area contributed by atoms with Crippen LogP contribution in [0, 0.1) is 26.7 Å².